The number of hydrogen-bond acceptors (Lipinski definition) is 4. The standard InChI is InChI=1S/C13H18N2O2/c1-13(2,16)10-15-9-11-4-3-5-12(8-11)17-7-6-14/h3-5,8,15-16H,7,9-10H2,1-2H3. The Balaban J connectivity index is 2.46. The fraction of sp³-hybridized carbons (Fsp3) is 0.462. The molecule has 92 valence electrons. The van der Waals surface area contributed by atoms with Crippen LogP contribution in [0, 0.1) is 11.3 Å². The third kappa shape index (κ3) is 5.91. The van der Waals surface area contributed by atoms with Crippen molar-refractivity contribution >= 4 is 0 Å². The molecule has 0 unspecified atom stereocenters. The molecule has 0 fully saturated rings. The summed E-state index contributed by atoms with van der Waals surface area (Å²) in [7, 11) is 0. The molecule has 0 amide bonds. The van der Waals surface area contributed by atoms with E-state index < -0.39 is 5.60 Å². The van der Waals surface area contributed by atoms with Crippen molar-refractivity contribution in [2.75, 3.05) is 13.2 Å². The predicted octanol–water partition coefficient (Wildman–Crippen LogP) is 1.45. The average molecular weight is 234 g/mol. The maximum absolute atomic E-state index is 9.54. The fourth-order valence-electron chi connectivity index (χ4n) is 1.37. The molecule has 0 saturated heterocycles. The van der Waals surface area contributed by atoms with E-state index in [0.29, 0.717) is 18.8 Å². The molecule has 0 radical (unpaired) electrons. The molecular weight excluding hydrogens is 216 g/mol. The molecule has 0 aromatic heterocycles. The van der Waals surface area contributed by atoms with Crippen LogP contribution < -0.4 is 10.1 Å². The largest absolute Gasteiger partial charge is 0.479 e. The van der Waals surface area contributed by atoms with Gasteiger partial charge in [0.1, 0.15) is 11.8 Å². The Morgan fingerprint density at radius 2 is 2.24 bits per heavy atom. The summed E-state index contributed by atoms with van der Waals surface area (Å²) in [6.07, 6.45) is 0. The molecule has 0 spiro atoms. The van der Waals surface area contributed by atoms with E-state index in [0.717, 1.165) is 5.56 Å². The third-order valence-electron chi connectivity index (χ3n) is 2.09. The SMILES string of the molecule is CC(C)(O)CNCc1cccc(OCC#N)c1. The van der Waals surface area contributed by atoms with Crippen molar-refractivity contribution in [1.29, 1.82) is 5.26 Å². The number of aliphatic hydroxyl groups is 1. The lowest BCUT2D eigenvalue weighted by Gasteiger charge is -2.17. The average Bonchev–Trinajstić information content (AvgIpc) is 2.25. The van der Waals surface area contributed by atoms with E-state index in [1.165, 1.54) is 0 Å². The van der Waals surface area contributed by atoms with Gasteiger partial charge in [-0.15, -0.1) is 0 Å². The van der Waals surface area contributed by atoms with Gasteiger partial charge >= 0.3 is 0 Å². The normalized spacial score (nSPS) is 10.9. The Kier molecular flexibility index (Phi) is 4.95. The van der Waals surface area contributed by atoms with E-state index in [1.54, 1.807) is 13.8 Å². The van der Waals surface area contributed by atoms with Crippen LogP contribution in [0.2, 0.25) is 0 Å². The fourth-order valence-corrected chi connectivity index (χ4v) is 1.37. The maximum atomic E-state index is 9.54. The molecule has 0 aliphatic carbocycles. The minimum atomic E-state index is -0.713. The van der Waals surface area contributed by atoms with Crippen LogP contribution in [-0.4, -0.2) is 23.9 Å². The van der Waals surface area contributed by atoms with Crippen LogP contribution in [0.25, 0.3) is 0 Å². The van der Waals surface area contributed by atoms with Crippen molar-refractivity contribution in [1.82, 2.24) is 5.32 Å². The first kappa shape index (κ1) is 13.5. The molecule has 2 N–H and O–H groups in total. The van der Waals surface area contributed by atoms with Gasteiger partial charge in [-0.25, -0.2) is 0 Å². The lowest BCUT2D eigenvalue weighted by atomic mass is 10.1. The molecule has 4 nitrogen and oxygen atoms in total. The summed E-state index contributed by atoms with van der Waals surface area (Å²) in [6.45, 7) is 4.75. The van der Waals surface area contributed by atoms with Gasteiger partial charge in [-0.1, -0.05) is 12.1 Å². The number of hydrogen-bond donors (Lipinski definition) is 2. The summed E-state index contributed by atoms with van der Waals surface area (Å²) < 4.78 is 5.20. The first-order chi connectivity index (χ1) is 8.01. The third-order valence-corrected chi connectivity index (χ3v) is 2.09. The van der Waals surface area contributed by atoms with Crippen molar-refractivity contribution < 1.29 is 9.84 Å². The van der Waals surface area contributed by atoms with Gasteiger partial charge in [-0.3, -0.25) is 0 Å². The summed E-state index contributed by atoms with van der Waals surface area (Å²) in [5.41, 5.74) is 0.347. The molecule has 4 heteroatoms. The molecule has 0 saturated carbocycles. The minimum absolute atomic E-state index is 0.0561. The predicted molar refractivity (Wildman–Crippen MR) is 65.6 cm³/mol. The van der Waals surface area contributed by atoms with Gasteiger partial charge in [0.25, 0.3) is 0 Å². The summed E-state index contributed by atoms with van der Waals surface area (Å²) in [4.78, 5) is 0. The molecular formula is C13H18N2O2. The Morgan fingerprint density at radius 1 is 1.47 bits per heavy atom. The summed E-state index contributed by atoms with van der Waals surface area (Å²) in [5, 5.41) is 21.1. The van der Waals surface area contributed by atoms with Crippen molar-refractivity contribution in [3.05, 3.63) is 29.8 Å². The van der Waals surface area contributed by atoms with Gasteiger partial charge < -0.3 is 15.2 Å². The first-order valence-corrected chi connectivity index (χ1v) is 5.53. The molecule has 0 aliphatic rings. The smallest absolute Gasteiger partial charge is 0.174 e. The zero-order chi connectivity index (χ0) is 12.7. The Morgan fingerprint density at radius 3 is 2.88 bits per heavy atom. The topological polar surface area (TPSA) is 65.3 Å². The van der Waals surface area contributed by atoms with Crippen molar-refractivity contribution in [2.24, 2.45) is 0 Å². The molecule has 1 aromatic rings. The summed E-state index contributed by atoms with van der Waals surface area (Å²) in [6, 6.07) is 9.48. The highest BCUT2D eigenvalue weighted by molar-refractivity contribution is 5.28. The Labute approximate surface area is 102 Å². The van der Waals surface area contributed by atoms with Crippen LogP contribution in [0.15, 0.2) is 24.3 Å². The molecule has 0 heterocycles. The number of ether oxygens (including phenoxy) is 1. The highest BCUT2D eigenvalue weighted by Gasteiger charge is 2.10. The Bertz CT molecular complexity index is 391. The molecule has 1 rings (SSSR count). The Hall–Kier alpha value is -1.57. The summed E-state index contributed by atoms with van der Waals surface area (Å²) >= 11 is 0. The zero-order valence-corrected chi connectivity index (χ0v) is 10.2. The van der Waals surface area contributed by atoms with Gasteiger partial charge in [-0.05, 0) is 31.5 Å². The van der Waals surface area contributed by atoms with Gasteiger partial charge in [0.15, 0.2) is 6.61 Å². The maximum Gasteiger partial charge on any atom is 0.174 e. The van der Waals surface area contributed by atoms with E-state index in [4.69, 9.17) is 10.00 Å². The summed E-state index contributed by atoms with van der Waals surface area (Å²) in [5.74, 6) is 0.689. The van der Waals surface area contributed by atoms with Gasteiger partial charge in [0.2, 0.25) is 0 Å². The van der Waals surface area contributed by atoms with E-state index in [9.17, 15) is 5.11 Å². The highest BCUT2D eigenvalue weighted by Crippen LogP contribution is 2.13. The lowest BCUT2D eigenvalue weighted by molar-refractivity contribution is 0.0795. The van der Waals surface area contributed by atoms with Crippen LogP contribution in [-0.2, 0) is 6.54 Å². The molecule has 1 aromatic carbocycles. The quantitative estimate of drug-likeness (QED) is 0.782. The molecule has 0 atom stereocenters. The monoisotopic (exact) mass is 234 g/mol. The second-order valence-electron chi connectivity index (χ2n) is 4.51. The number of nitriles is 1. The van der Waals surface area contributed by atoms with E-state index in [2.05, 4.69) is 5.32 Å². The first-order valence-electron chi connectivity index (χ1n) is 5.53. The number of rotatable bonds is 6. The minimum Gasteiger partial charge on any atom is -0.479 e. The van der Waals surface area contributed by atoms with Crippen LogP contribution in [0.3, 0.4) is 0 Å². The second-order valence-corrected chi connectivity index (χ2v) is 4.51. The van der Waals surface area contributed by atoms with Crippen molar-refractivity contribution in [2.45, 2.75) is 26.0 Å². The molecule has 17 heavy (non-hydrogen) atoms. The van der Waals surface area contributed by atoms with Crippen LogP contribution >= 0.6 is 0 Å². The lowest BCUT2D eigenvalue weighted by Crippen LogP contribution is -2.34. The van der Waals surface area contributed by atoms with E-state index >= 15 is 0 Å². The van der Waals surface area contributed by atoms with Gasteiger partial charge in [0, 0.05) is 13.1 Å². The van der Waals surface area contributed by atoms with Gasteiger partial charge in [-0.2, -0.15) is 5.26 Å². The van der Waals surface area contributed by atoms with E-state index in [1.807, 2.05) is 30.3 Å². The number of nitrogens with zero attached hydrogens (tertiary/aromatic N) is 1. The van der Waals surface area contributed by atoms with Crippen LogP contribution in [0.4, 0.5) is 0 Å². The van der Waals surface area contributed by atoms with E-state index in [-0.39, 0.29) is 6.61 Å². The van der Waals surface area contributed by atoms with Gasteiger partial charge in [0.05, 0.1) is 5.60 Å². The number of benzene rings is 1. The zero-order valence-electron chi connectivity index (χ0n) is 10.2. The number of nitrogens with one attached hydrogen (secondary N) is 1. The van der Waals surface area contributed by atoms with Crippen LogP contribution in [0.5, 0.6) is 5.75 Å². The van der Waals surface area contributed by atoms with Crippen LogP contribution in [0.1, 0.15) is 19.4 Å². The van der Waals surface area contributed by atoms with Crippen molar-refractivity contribution in [3.63, 3.8) is 0 Å². The van der Waals surface area contributed by atoms with Crippen molar-refractivity contribution in [3.8, 4) is 11.8 Å². The molecule has 0 bridgehead atoms. The highest BCUT2D eigenvalue weighted by atomic mass is 16.5. The second kappa shape index (κ2) is 6.24. The molecule has 0 aliphatic heterocycles.